The molecular weight excluding hydrogens is 642 g/mol. The van der Waals surface area contributed by atoms with Crippen LogP contribution in [0.15, 0.2) is 30.3 Å². The zero-order chi connectivity index (χ0) is 34.8. The number of aliphatic hydroxyl groups is 11. The van der Waals surface area contributed by atoms with Gasteiger partial charge in [0.15, 0.2) is 12.6 Å². The van der Waals surface area contributed by atoms with Gasteiger partial charge < -0.3 is 79.9 Å². The van der Waals surface area contributed by atoms with Gasteiger partial charge in [-0.3, -0.25) is 4.90 Å². The highest BCUT2D eigenvalue weighted by molar-refractivity contribution is 5.35. The summed E-state index contributed by atoms with van der Waals surface area (Å²) in [7, 11) is 0. The van der Waals surface area contributed by atoms with Gasteiger partial charge in [0, 0.05) is 5.56 Å². The van der Waals surface area contributed by atoms with E-state index in [-0.39, 0.29) is 0 Å². The summed E-state index contributed by atoms with van der Waals surface area (Å²) in [5.74, 6) is 0.802. The smallest absolute Gasteiger partial charge is 0.226 e. The van der Waals surface area contributed by atoms with E-state index in [1.54, 1.807) is 0 Å². The van der Waals surface area contributed by atoms with Gasteiger partial charge in [-0.1, -0.05) is 36.5 Å². The third kappa shape index (κ3) is 7.42. The van der Waals surface area contributed by atoms with Gasteiger partial charge in [-0.2, -0.15) is 0 Å². The fourth-order valence-corrected chi connectivity index (χ4v) is 6.36. The molecule has 4 aliphatic rings. The molecule has 1 aromatic carbocycles. The summed E-state index contributed by atoms with van der Waals surface area (Å²) in [6.07, 6.45) is -18.8. The highest BCUT2D eigenvalue weighted by atomic mass is 16.8. The third-order valence-corrected chi connectivity index (χ3v) is 9.26. The van der Waals surface area contributed by atoms with Gasteiger partial charge in [0.25, 0.3) is 0 Å². The molecule has 1 aromatic rings. The molecule has 0 amide bonds. The number of hydrogen-bond donors (Lipinski definition) is 11. The predicted octanol–water partition coefficient (Wildman–Crippen LogP) is -5.34. The van der Waals surface area contributed by atoms with Crippen molar-refractivity contribution in [2.45, 2.75) is 110 Å². The van der Waals surface area contributed by atoms with Crippen LogP contribution in [0.1, 0.15) is 24.8 Å². The van der Waals surface area contributed by atoms with Crippen molar-refractivity contribution in [2.75, 3.05) is 32.9 Å². The van der Waals surface area contributed by atoms with Crippen LogP contribution >= 0.6 is 0 Å². The number of aliphatic hydroxyl groups excluding tert-OH is 10. The van der Waals surface area contributed by atoms with Crippen LogP contribution in [0.5, 0.6) is 0 Å². The Morgan fingerprint density at radius 1 is 0.771 bits per heavy atom. The molecule has 5 rings (SSSR count). The molecule has 0 aliphatic carbocycles. The van der Waals surface area contributed by atoms with Crippen LogP contribution < -0.4 is 0 Å². The number of ether oxygens (including phenoxy) is 5. The largest absolute Gasteiger partial charge is 0.391 e. The van der Waals surface area contributed by atoms with Crippen molar-refractivity contribution >= 4 is 0 Å². The van der Waals surface area contributed by atoms with Gasteiger partial charge in [0.05, 0.1) is 13.2 Å². The second-order valence-corrected chi connectivity index (χ2v) is 12.5. The van der Waals surface area contributed by atoms with E-state index >= 15 is 0 Å². The summed E-state index contributed by atoms with van der Waals surface area (Å²) < 4.78 is 27.8. The first-order valence-corrected chi connectivity index (χ1v) is 15.9. The van der Waals surface area contributed by atoms with Crippen LogP contribution in [-0.4, -0.2) is 185 Å². The van der Waals surface area contributed by atoms with Crippen molar-refractivity contribution in [1.29, 1.82) is 0 Å². The van der Waals surface area contributed by atoms with E-state index < -0.39 is 111 Å². The third-order valence-electron chi connectivity index (χ3n) is 9.26. The Morgan fingerprint density at radius 3 is 2.04 bits per heavy atom. The number of likely N-dealkylation sites (tertiary alicyclic amines) is 1. The topological polar surface area (TPSA) is 272 Å². The number of nitrogens with zero attached hydrogens (tertiary/aromatic N) is 1. The lowest BCUT2D eigenvalue weighted by atomic mass is 9.92. The van der Waals surface area contributed by atoms with E-state index in [4.69, 9.17) is 23.7 Å². The standard InChI is InChI=1S/C31H45NO16/c33-14-30(43)26(41)27(42)31(15-34,48-30)47-29-24(40)20(36)19(35)18(45-29)13-44-28-23(39)21(37)22(38)25(46-28)17(32-11-5-2-6-12-32)10-9-16-7-3-1-4-8-16/h1,3-4,7-8,17-29,33-43H,2,5-6,11-15H2/t17?,18-,19-,20+,21+,22-,23-,24-,25-,26+,27+,28+,29-,30-,31-/m1/s1. The Hall–Kier alpha value is -1.90. The number of hydrogen-bond acceptors (Lipinski definition) is 17. The molecule has 4 saturated heterocycles. The summed E-state index contributed by atoms with van der Waals surface area (Å²) in [6, 6.07) is 8.41. The van der Waals surface area contributed by atoms with Crippen LogP contribution in [0, 0.1) is 11.8 Å². The molecule has 0 spiro atoms. The average Bonchev–Trinajstić information content (AvgIpc) is 3.30. The molecule has 0 aromatic heterocycles. The van der Waals surface area contributed by atoms with Gasteiger partial charge in [-0.05, 0) is 38.1 Å². The van der Waals surface area contributed by atoms with Crippen molar-refractivity contribution in [3.63, 3.8) is 0 Å². The number of piperidine rings is 1. The highest BCUT2D eigenvalue weighted by Gasteiger charge is 2.64. The molecule has 15 atom stereocenters. The second kappa shape index (κ2) is 15.6. The number of benzene rings is 1. The zero-order valence-corrected chi connectivity index (χ0v) is 26.0. The maximum atomic E-state index is 11.0. The van der Waals surface area contributed by atoms with Crippen molar-refractivity contribution in [1.82, 2.24) is 4.90 Å². The van der Waals surface area contributed by atoms with Gasteiger partial charge >= 0.3 is 0 Å². The maximum absolute atomic E-state index is 11.0. The average molecular weight is 688 g/mol. The lowest BCUT2D eigenvalue weighted by Crippen LogP contribution is -2.65. The van der Waals surface area contributed by atoms with Crippen LogP contribution in [0.4, 0.5) is 0 Å². The minimum atomic E-state index is -2.77. The van der Waals surface area contributed by atoms with Crippen molar-refractivity contribution in [2.24, 2.45) is 0 Å². The van der Waals surface area contributed by atoms with Gasteiger partial charge in [-0.25, -0.2) is 0 Å². The summed E-state index contributed by atoms with van der Waals surface area (Å²) in [5.41, 5.74) is 0.716. The van der Waals surface area contributed by atoms with Crippen molar-refractivity contribution in [3.8, 4) is 11.8 Å². The van der Waals surface area contributed by atoms with Crippen LogP contribution in [0.25, 0.3) is 0 Å². The Kier molecular flexibility index (Phi) is 12.1. The van der Waals surface area contributed by atoms with Crippen LogP contribution in [0.2, 0.25) is 0 Å². The SMILES string of the molecule is OC[C@@]1(O[C@H]2O[C@H](CO[C@H]3O[C@H](C(C#Cc4ccccc4)N4CCCCC4)[C@H](O)[C@H](O)[C@H]3O)[C@@H](O)[C@H](O)[C@H]2O)O[C@](O)(CO)[C@@H](O)[C@@H]1O. The fourth-order valence-electron chi connectivity index (χ4n) is 6.36. The molecule has 0 saturated carbocycles. The first kappa shape index (κ1) is 37.4. The van der Waals surface area contributed by atoms with Crippen molar-refractivity contribution in [3.05, 3.63) is 35.9 Å². The van der Waals surface area contributed by atoms with Gasteiger partial charge in [0.2, 0.25) is 11.6 Å². The molecule has 4 aliphatic heterocycles. The Balaban J connectivity index is 1.31. The second-order valence-electron chi connectivity index (χ2n) is 12.5. The summed E-state index contributed by atoms with van der Waals surface area (Å²) in [4.78, 5) is 2.02. The minimum absolute atomic E-state index is 0.648. The Labute approximate surface area is 276 Å². The molecular formula is C31H45NO16. The van der Waals surface area contributed by atoms with E-state index in [2.05, 4.69) is 11.8 Å². The molecule has 11 N–H and O–H groups in total. The first-order valence-electron chi connectivity index (χ1n) is 15.9. The van der Waals surface area contributed by atoms with E-state index in [0.29, 0.717) is 18.7 Å². The van der Waals surface area contributed by atoms with Crippen LogP contribution in [0.3, 0.4) is 0 Å². The van der Waals surface area contributed by atoms with E-state index in [1.807, 2.05) is 35.2 Å². The molecule has 0 radical (unpaired) electrons. The summed E-state index contributed by atoms with van der Waals surface area (Å²) in [6.45, 7) is -1.81. The molecule has 4 fully saturated rings. The quantitative estimate of drug-likeness (QED) is 0.108. The van der Waals surface area contributed by atoms with Crippen molar-refractivity contribution < 1.29 is 79.9 Å². The summed E-state index contributed by atoms with van der Waals surface area (Å²) in [5, 5.41) is 115. The fraction of sp³-hybridized carbons (Fsp3) is 0.742. The molecule has 17 nitrogen and oxygen atoms in total. The van der Waals surface area contributed by atoms with Crippen LogP contribution in [-0.2, 0) is 23.7 Å². The molecule has 1 unspecified atom stereocenters. The maximum Gasteiger partial charge on any atom is 0.226 e. The highest BCUT2D eigenvalue weighted by Crippen LogP contribution is 2.40. The van der Waals surface area contributed by atoms with E-state index in [1.165, 1.54) is 0 Å². The first-order chi connectivity index (χ1) is 22.9. The lowest BCUT2D eigenvalue weighted by molar-refractivity contribution is -0.407. The predicted molar refractivity (Wildman–Crippen MR) is 158 cm³/mol. The molecule has 0 bridgehead atoms. The molecule has 17 heteroatoms. The minimum Gasteiger partial charge on any atom is -0.391 e. The molecule has 48 heavy (non-hydrogen) atoms. The molecule has 270 valence electrons. The number of rotatable bonds is 9. The molecule has 4 heterocycles. The monoisotopic (exact) mass is 687 g/mol. The van der Waals surface area contributed by atoms with E-state index in [0.717, 1.165) is 19.3 Å². The summed E-state index contributed by atoms with van der Waals surface area (Å²) >= 11 is 0. The van der Waals surface area contributed by atoms with Gasteiger partial charge in [-0.15, -0.1) is 0 Å². The normalized spacial score (nSPS) is 44.6. The Morgan fingerprint density at radius 2 is 1.42 bits per heavy atom. The van der Waals surface area contributed by atoms with Gasteiger partial charge in [0.1, 0.15) is 73.7 Å². The van der Waals surface area contributed by atoms with E-state index in [9.17, 15) is 56.2 Å². The lowest BCUT2D eigenvalue weighted by Gasteiger charge is -2.46. The Bertz CT molecular complexity index is 1250. The zero-order valence-electron chi connectivity index (χ0n) is 26.0.